The highest BCUT2D eigenvalue weighted by atomic mass is 79.9. The number of amides is 2. The van der Waals surface area contributed by atoms with E-state index in [2.05, 4.69) is 22.9 Å². The van der Waals surface area contributed by atoms with Gasteiger partial charge >= 0.3 is 0 Å². The normalized spacial score (nSPS) is 26.1. The van der Waals surface area contributed by atoms with Crippen molar-refractivity contribution < 1.29 is 24.9 Å². The average Bonchev–Trinajstić information content (AvgIpc) is 3.13. The number of carbonyl (C=O) groups excluding carboxylic acids is 2. The Morgan fingerprint density at radius 3 is 2.57 bits per heavy atom. The summed E-state index contributed by atoms with van der Waals surface area (Å²) in [6, 6.07) is 5.30. The van der Waals surface area contributed by atoms with Crippen molar-refractivity contribution in [1.82, 2.24) is 4.90 Å². The fourth-order valence-electron chi connectivity index (χ4n) is 6.77. The van der Waals surface area contributed by atoms with Gasteiger partial charge in [0, 0.05) is 22.0 Å². The van der Waals surface area contributed by atoms with Crippen LogP contribution in [0.4, 0.5) is 0 Å². The van der Waals surface area contributed by atoms with Crippen molar-refractivity contribution in [2.45, 2.75) is 90.2 Å². The first kappa shape index (κ1) is 28.1. The van der Waals surface area contributed by atoms with E-state index in [1.54, 1.807) is 12.1 Å². The Hall–Kier alpha value is -1.96. The van der Waals surface area contributed by atoms with Gasteiger partial charge in [-0.2, -0.15) is 0 Å². The zero-order valence-corrected chi connectivity index (χ0v) is 23.5. The largest absolute Gasteiger partial charge is 0.507 e. The number of hydrogen-bond acceptors (Lipinski definition) is 5. The van der Waals surface area contributed by atoms with Crippen LogP contribution in [0.2, 0.25) is 0 Å². The topological polar surface area (TPSA) is 98.1 Å². The summed E-state index contributed by atoms with van der Waals surface area (Å²) in [5, 5.41) is 32.0. The van der Waals surface area contributed by atoms with Gasteiger partial charge in [0.15, 0.2) is 0 Å². The second-order valence-corrected chi connectivity index (χ2v) is 11.9. The summed E-state index contributed by atoms with van der Waals surface area (Å²) in [7, 11) is 0. The number of carbonyl (C=O) groups is 2. The number of phenolic OH excluding ortho intramolecular Hbond substituents is 1. The lowest BCUT2D eigenvalue weighted by atomic mass is 9.68. The van der Waals surface area contributed by atoms with Crippen molar-refractivity contribution >= 4 is 33.8 Å². The second kappa shape index (κ2) is 12.3. The standard InChI is InChI=1S/C30H40BrNO5/c1-3-7-19(15-20-16-21(31)11-13-25(20)34)10-12-26(35)27-18(2)14-23-28(24(27)17-33)30(37)32(29(23)36)22-8-5-4-6-9-22/h11,13,15-16,22-24,26,28,33-35H,3-10,12,14,17H2,1-2H3/b19-15+/t23-,24+,26-,28-/m1/s1. The third-order valence-electron chi connectivity index (χ3n) is 8.52. The molecule has 4 rings (SSSR count). The summed E-state index contributed by atoms with van der Waals surface area (Å²) in [6.07, 6.45) is 9.45. The van der Waals surface area contributed by atoms with E-state index in [-0.39, 0.29) is 30.2 Å². The van der Waals surface area contributed by atoms with E-state index in [0.717, 1.165) is 71.7 Å². The monoisotopic (exact) mass is 573 g/mol. The zero-order valence-electron chi connectivity index (χ0n) is 22.0. The Morgan fingerprint density at radius 1 is 1.16 bits per heavy atom. The predicted octanol–water partition coefficient (Wildman–Crippen LogP) is 5.74. The molecule has 0 aromatic heterocycles. The SMILES string of the molecule is CCC/C(=C\c1cc(Br)ccc1O)CC[C@@H](O)C1=C(C)C[C@H]2C(=O)N(C3CCCCC3)C(=O)[C@H]2[C@H]1CO. The molecule has 3 aliphatic rings. The number of nitrogens with zero attached hydrogens (tertiary/aromatic N) is 1. The van der Waals surface area contributed by atoms with Gasteiger partial charge < -0.3 is 15.3 Å². The minimum atomic E-state index is -0.805. The van der Waals surface area contributed by atoms with Crippen LogP contribution in [0.5, 0.6) is 5.75 Å². The molecule has 0 spiro atoms. The van der Waals surface area contributed by atoms with Gasteiger partial charge in [0.25, 0.3) is 0 Å². The minimum Gasteiger partial charge on any atom is -0.507 e. The van der Waals surface area contributed by atoms with Crippen LogP contribution < -0.4 is 0 Å². The lowest BCUT2D eigenvalue weighted by Crippen LogP contribution is -2.42. The van der Waals surface area contributed by atoms with Crippen molar-refractivity contribution in [1.29, 1.82) is 0 Å². The highest BCUT2D eigenvalue weighted by Crippen LogP contribution is 2.47. The first-order valence-corrected chi connectivity index (χ1v) is 14.6. The number of likely N-dealkylation sites (tertiary alicyclic amines) is 1. The fraction of sp³-hybridized carbons (Fsp3) is 0.600. The first-order chi connectivity index (χ1) is 17.8. The number of aliphatic hydroxyl groups excluding tert-OH is 2. The number of benzene rings is 1. The van der Waals surface area contributed by atoms with Crippen molar-refractivity contribution in [2.24, 2.45) is 17.8 Å². The summed E-state index contributed by atoms with van der Waals surface area (Å²) in [4.78, 5) is 28.4. The number of phenols is 1. The molecule has 1 saturated carbocycles. The van der Waals surface area contributed by atoms with E-state index in [1.165, 1.54) is 4.90 Å². The molecule has 1 aromatic rings. The smallest absolute Gasteiger partial charge is 0.234 e. The van der Waals surface area contributed by atoms with Crippen LogP contribution in [0.15, 0.2) is 39.4 Å². The molecule has 1 aliphatic heterocycles. The molecule has 4 atom stereocenters. The first-order valence-electron chi connectivity index (χ1n) is 13.8. The summed E-state index contributed by atoms with van der Waals surface area (Å²) in [6.45, 7) is 3.77. The van der Waals surface area contributed by atoms with Crippen LogP contribution in [0, 0.1) is 17.8 Å². The molecule has 2 amide bonds. The molecular weight excluding hydrogens is 534 g/mol. The van der Waals surface area contributed by atoms with Crippen LogP contribution in [-0.4, -0.2) is 50.8 Å². The van der Waals surface area contributed by atoms with Gasteiger partial charge in [-0.25, -0.2) is 0 Å². The van der Waals surface area contributed by atoms with Gasteiger partial charge in [-0.1, -0.05) is 65.8 Å². The van der Waals surface area contributed by atoms with Crippen LogP contribution in [-0.2, 0) is 9.59 Å². The molecule has 202 valence electrons. The maximum absolute atomic E-state index is 13.6. The molecule has 2 aliphatic carbocycles. The quantitative estimate of drug-likeness (QED) is 0.258. The van der Waals surface area contributed by atoms with E-state index in [0.29, 0.717) is 19.3 Å². The summed E-state index contributed by atoms with van der Waals surface area (Å²) in [5.41, 5.74) is 3.51. The highest BCUT2D eigenvalue weighted by molar-refractivity contribution is 9.10. The molecule has 3 N–H and O–H groups in total. The van der Waals surface area contributed by atoms with Crippen LogP contribution in [0.25, 0.3) is 6.08 Å². The van der Waals surface area contributed by atoms with Gasteiger partial charge in [0.2, 0.25) is 11.8 Å². The molecule has 0 unspecified atom stereocenters. The number of imide groups is 1. The lowest BCUT2D eigenvalue weighted by Gasteiger charge is -2.35. The molecular formula is C30H40BrNO5. The van der Waals surface area contributed by atoms with Crippen molar-refractivity contribution in [3.63, 3.8) is 0 Å². The maximum Gasteiger partial charge on any atom is 0.234 e. The number of rotatable bonds is 9. The van der Waals surface area contributed by atoms with Crippen molar-refractivity contribution in [3.05, 3.63) is 45.0 Å². The van der Waals surface area contributed by atoms with E-state index >= 15 is 0 Å². The van der Waals surface area contributed by atoms with Crippen molar-refractivity contribution in [2.75, 3.05) is 6.61 Å². The molecule has 1 heterocycles. The minimum absolute atomic E-state index is 0.0245. The zero-order chi connectivity index (χ0) is 26.7. The van der Waals surface area contributed by atoms with E-state index < -0.39 is 23.9 Å². The molecule has 6 nitrogen and oxygen atoms in total. The number of fused-ring (bicyclic) bond motifs is 1. The predicted molar refractivity (Wildman–Crippen MR) is 148 cm³/mol. The van der Waals surface area contributed by atoms with Gasteiger partial charge in [-0.3, -0.25) is 14.5 Å². The van der Waals surface area contributed by atoms with Gasteiger partial charge in [-0.05, 0) is 69.2 Å². The number of hydrogen-bond donors (Lipinski definition) is 3. The van der Waals surface area contributed by atoms with Gasteiger partial charge in [0.1, 0.15) is 5.75 Å². The molecule has 37 heavy (non-hydrogen) atoms. The Kier molecular flexibility index (Phi) is 9.30. The maximum atomic E-state index is 13.6. The molecule has 2 fully saturated rings. The number of aliphatic hydroxyl groups is 2. The van der Waals surface area contributed by atoms with Crippen molar-refractivity contribution in [3.8, 4) is 5.75 Å². The second-order valence-electron chi connectivity index (χ2n) is 11.0. The number of aromatic hydroxyl groups is 1. The van der Waals surface area contributed by atoms with Gasteiger partial charge in [-0.15, -0.1) is 0 Å². The molecule has 1 saturated heterocycles. The highest BCUT2D eigenvalue weighted by Gasteiger charge is 2.55. The summed E-state index contributed by atoms with van der Waals surface area (Å²) in [5.74, 6) is -1.59. The molecule has 1 aromatic carbocycles. The third-order valence-corrected chi connectivity index (χ3v) is 9.01. The number of allylic oxidation sites excluding steroid dienone is 2. The number of halogens is 1. The average molecular weight is 575 g/mol. The van der Waals surface area contributed by atoms with E-state index in [9.17, 15) is 24.9 Å². The van der Waals surface area contributed by atoms with E-state index in [4.69, 9.17) is 0 Å². The Labute approximate surface area is 228 Å². The molecule has 7 heteroatoms. The Bertz CT molecular complexity index is 1070. The Balaban J connectivity index is 1.52. The molecule has 0 radical (unpaired) electrons. The summed E-state index contributed by atoms with van der Waals surface area (Å²) < 4.78 is 0.883. The summed E-state index contributed by atoms with van der Waals surface area (Å²) >= 11 is 3.46. The lowest BCUT2D eigenvalue weighted by molar-refractivity contribution is -0.143. The molecule has 0 bridgehead atoms. The van der Waals surface area contributed by atoms with Crippen LogP contribution in [0.3, 0.4) is 0 Å². The van der Waals surface area contributed by atoms with E-state index in [1.807, 2.05) is 19.1 Å². The third kappa shape index (κ3) is 5.89. The van der Waals surface area contributed by atoms with Crippen LogP contribution >= 0.6 is 15.9 Å². The van der Waals surface area contributed by atoms with Gasteiger partial charge in [0.05, 0.1) is 24.5 Å². The fourth-order valence-corrected chi connectivity index (χ4v) is 7.15. The van der Waals surface area contributed by atoms with Crippen LogP contribution in [0.1, 0.15) is 83.6 Å². The Morgan fingerprint density at radius 2 is 1.89 bits per heavy atom.